The molecule has 4 aliphatic rings. The number of anilines is 1. The second kappa shape index (κ2) is 18.1. The van der Waals surface area contributed by atoms with Crippen LogP contribution in [0.1, 0.15) is 106 Å². The Bertz CT molecular complexity index is 2610. The average molecular weight is 926 g/mol. The van der Waals surface area contributed by atoms with Gasteiger partial charge >= 0.3 is 12.1 Å². The normalized spacial score (nSPS) is 22.1. The van der Waals surface area contributed by atoms with Crippen LogP contribution in [0.2, 0.25) is 16.6 Å². The van der Waals surface area contributed by atoms with E-state index in [2.05, 4.69) is 64.0 Å². The van der Waals surface area contributed by atoms with E-state index < -0.39 is 43.1 Å². The van der Waals surface area contributed by atoms with Crippen molar-refractivity contribution in [2.75, 3.05) is 51.6 Å². The number of piperazine rings is 1. The summed E-state index contributed by atoms with van der Waals surface area (Å²) in [4.78, 5) is 33.7. The molecule has 16 heteroatoms. The predicted molar refractivity (Wildman–Crippen MR) is 251 cm³/mol. The van der Waals surface area contributed by atoms with Crippen LogP contribution in [0.15, 0.2) is 24.3 Å². The third kappa shape index (κ3) is 8.54. The molecule has 4 saturated heterocycles. The second-order valence-electron chi connectivity index (χ2n) is 20.5. The minimum Gasteiger partial charge on any atom is -0.468 e. The minimum absolute atomic E-state index is 0.0745. The maximum Gasteiger partial charge on any atom is 0.410 e. The van der Waals surface area contributed by atoms with Crippen LogP contribution < -0.4 is 14.4 Å². The van der Waals surface area contributed by atoms with E-state index in [-0.39, 0.29) is 87.4 Å². The minimum atomic E-state index is -2.38. The summed E-state index contributed by atoms with van der Waals surface area (Å²) in [5.74, 6) is 2.37. The van der Waals surface area contributed by atoms with Gasteiger partial charge < -0.3 is 23.8 Å². The number of hydrogen-bond donors (Lipinski definition) is 0. The van der Waals surface area contributed by atoms with E-state index in [9.17, 15) is 14.4 Å². The van der Waals surface area contributed by atoms with E-state index in [1.807, 2.05) is 25.7 Å². The van der Waals surface area contributed by atoms with Crippen LogP contribution in [-0.4, -0.2) is 115 Å². The summed E-state index contributed by atoms with van der Waals surface area (Å²) >= 11 is 0. The Balaban J connectivity index is 1.33. The van der Waals surface area contributed by atoms with E-state index in [0.717, 1.165) is 19.4 Å². The van der Waals surface area contributed by atoms with E-state index in [4.69, 9.17) is 33.9 Å². The van der Waals surface area contributed by atoms with E-state index in [1.165, 1.54) is 13.2 Å². The molecule has 2 aromatic carbocycles. The largest absolute Gasteiger partial charge is 0.468 e. The van der Waals surface area contributed by atoms with Crippen molar-refractivity contribution in [3.8, 4) is 40.6 Å². The third-order valence-electron chi connectivity index (χ3n) is 14.4. The zero-order valence-electron chi connectivity index (χ0n) is 39.9. The first kappa shape index (κ1) is 47.3. The van der Waals surface area contributed by atoms with Gasteiger partial charge in [0.05, 0.1) is 28.6 Å². The number of fused-ring (bicyclic) bond motifs is 5. The Morgan fingerprint density at radius 3 is 2.30 bits per heavy atom. The van der Waals surface area contributed by atoms with Crippen molar-refractivity contribution in [2.24, 2.45) is 0 Å². The van der Waals surface area contributed by atoms with Crippen LogP contribution in [0.3, 0.4) is 0 Å². The standard InChI is InChI=1S/C50H62F3N7O5Si/c1-29(2)66(30(3)4,31(5)6)19-16-37-39(52)15-12-32-20-36(64-28-62-10)21-38(41(32)37)44-43(53)45-42(40(23-54)55-44)46(57-47(56-45)63-27-50-17-11-18-59(50)24-33(51)22-50)58-25-34-13-14-35(26-58)60(34)48(61)65-49(7,8)9/h12,15,20-21,29-31,33-35H,11,13-14,17-18,22,24-28H2,1-10H3/t33-,34-,35+,50+/m1/s1. The second-order valence-corrected chi connectivity index (χ2v) is 26.1. The lowest BCUT2D eigenvalue weighted by molar-refractivity contribution is 0.0122. The van der Waals surface area contributed by atoms with E-state index in [0.29, 0.717) is 55.4 Å². The van der Waals surface area contributed by atoms with Gasteiger partial charge in [-0.15, -0.1) is 5.54 Å². The van der Waals surface area contributed by atoms with Crippen LogP contribution in [0.25, 0.3) is 32.9 Å². The summed E-state index contributed by atoms with van der Waals surface area (Å²) in [6.07, 6.45) is 1.95. The molecule has 1 amide bonds. The molecule has 4 aromatic rings. The SMILES string of the molecule is COCOc1cc(-c2nc(C#N)c3c(N4C[C@H]5CC[C@@H](C4)N5C(=O)OC(C)(C)C)nc(OC[C@@]45CCCN4C[C@H](F)C5)nc3c2F)c2c(C#C[Si](C(C)C)(C(C)C)C(C)C)c(F)ccc2c1. The molecule has 6 heterocycles. The fourth-order valence-electron chi connectivity index (χ4n) is 11.6. The monoisotopic (exact) mass is 925 g/mol. The quantitative estimate of drug-likeness (QED) is 0.0811. The highest BCUT2D eigenvalue weighted by Crippen LogP contribution is 2.45. The van der Waals surface area contributed by atoms with Gasteiger partial charge in [0.25, 0.3) is 0 Å². The van der Waals surface area contributed by atoms with Crippen molar-refractivity contribution in [3.63, 3.8) is 0 Å². The van der Waals surface area contributed by atoms with Crippen molar-refractivity contribution >= 4 is 41.7 Å². The smallest absolute Gasteiger partial charge is 0.410 e. The molecule has 4 aliphatic heterocycles. The number of carbonyl (C=O) groups excluding carboxylic acids is 1. The van der Waals surface area contributed by atoms with E-state index >= 15 is 8.78 Å². The number of methoxy groups -OCH3 is 1. The van der Waals surface area contributed by atoms with Crippen LogP contribution in [0.5, 0.6) is 11.8 Å². The summed E-state index contributed by atoms with van der Waals surface area (Å²) in [6.45, 7) is 20.2. The number of pyridine rings is 1. The first-order valence-corrected chi connectivity index (χ1v) is 25.5. The topological polar surface area (TPSA) is 126 Å². The van der Waals surface area contributed by atoms with Crippen LogP contribution in [-0.2, 0) is 9.47 Å². The van der Waals surface area contributed by atoms with Crippen molar-refractivity contribution in [1.29, 1.82) is 5.26 Å². The van der Waals surface area contributed by atoms with Crippen LogP contribution in [0.4, 0.5) is 23.8 Å². The molecule has 4 atom stereocenters. The summed E-state index contributed by atoms with van der Waals surface area (Å²) in [7, 11) is -0.903. The molecule has 0 N–H and O–H groups in total. The number of aromatic nitrogens is 3. The lowest BCUT2D eigenvalue weighted by Crippen LogP contribution is -2.57. The number of halogens is 3. The molecule has 352 valence electrons. The van der Waals surface area contributed by atoms with Crippen molar-refractivity contribution < 1.29 is 36.9 Å². The van der Waals surface area contributed by atoms with Gasteiger partial charge in [0.1, 0.15) is 61.1 Å². The van der Waals surface area contributed by atoms with Gasteiger partial charge in [0, 0.05) is 44.1 Å². The number of nitriles is 1. The van der Waals surface area contributed by atoms with Gasteiger partial charge in [-0.05, 0) is 93.2 Å². The Morgan fingerprint density at radius 1 is 0.970 bits per heavy atom. The van der Waals surface area contributed by atoms with Gasteiger partial charge in [0.15, 0.2) is 18.3 Å². The van der Waals surface area contributed by atoms with Crippen LogP contribution >= 0.6 is 0 Å². The number of carbonyl (C=O) groups is 1. The lowest BCUT2D eigenvalue weighted by atomic mass is 9.95. The Kier molecular flexibility index (Phi) is 13.0. The van der Waals surface area contributed by atoms with Crippen molar-refractivity contribution in [2.45, 2.75) is 140 Å². The molecule has 12 nitrogen and oxygen atoms in total. The van der Waals surface area contributed by atoms with Gasteiger partial charge in [-0.25, -0.2) is 22.9 Å². The third-order valence-corrected chi connectivity index (χ3v) is 20.7. The number of ether oxygens (including phenoxy) is 4. The van der Waals surface area contributed by atoms with Gasteiger partial charge in [0.2, 0.25) is 0 Å². The number of benzene rings is 2. The maximum absolute atomic E-state index is 18.1. The molecule has 66 heavy (non-hydrogen) atoms. The van der Waals surface area contributed by atoms with Gasteiger partial charge in [-0.1, -0.05) is 53.5 Å². The molecule has 0 unspecified atom stereocenters. The zero-order valence-corrected chi connectivity index (χ0v) is 40.9. The molecular weight excluding hydrogens is 864 g/mol. The molecule has 0 spiro atoms. The Morgan fingerprint density at radius 2 is 1.67 bits per heavy atom. The number of amides is 1. The summed E-state index contributed by atoms with van der Waals surface area (Å²) < 4.78 is 72.8. The fourth-order valence-corrected chi connectivity index (χ4v) is 16.8. The zero-order chi connectivity index (χ0) is 47.5. The summed E-state index contributed by atoms with van der Waals surface area (Å²) in [5.41, 5.74) is 2.78. The Hall–Kier alpha value is -5.16. The fraction of sp³-hybridized carbons (Fsp3) is 0.580. The van der Waals surface area contributed by atoms with Gasteiger partial charge in [-0.3, -0.25) is 9.80 Å². The molecule has 8 rings (SSSR count). The maximum atomic E-state index is 18.1. The molecule has 0 saturated carbocycles. The highest BCUT2D eigenvalue weighted by Gasteiger charge is 2.50. The number of hydrogen-bond acceptors (Lipinski definition) is 11. The summed E-state index contributed by atoms with van der Waals surface area (Å²) in [5, 5.41) is 11.8. The Labute approximate surface area is 387 Å². The molecule has 2 bridgehead atoms. The van der Waals surface area contributed by atoms with Crippen molar-refractivity contribution in [1.82, 2.24) is 24.8 Å². The highest BCUT2D eigenvalue weighted by molar-refractivity contribution is 6.90. The molecular formula is C50H62F3N7O5Si. The van der Waals surface area contributed by atoms with E-state index in [1.54, 1.807) is 23.1 Å². The van der Waals surface area contributed by atoms with Crippen LogP contribution in [0, 0.1) is 34.4 Å². The highest BCUT2D eigenvalue weighted by atomic mass is 28.3. The number of alkyl halides is 1. The summed E-state index contributed by atoms with van der Waals surface area (Å²) in [6, 6.07) is 7.80. The number of rotatable bonds is 11. The number of nitrogens with zero attached hydrogens (tertiary/aromatic N) is 7. The average Bonchev–Trinajstić information content (AvgIpc) is 3.88. The predicted octanol–water partition coefficient (Wildman–Crippen LogP) is 10.1. The molecule has 4 fully saturated rings. The lowest BCUT2D eigenvalue weighted by Gasteiger charge is -2.42. The molecule has 2 aromatic heterocycles. The van der Waals surface area contributed by atoms with Crippen molar-refractivity contribution in [3.05, 3.63) is 47.2 Å². The molecule has 0 aliphatic carbocycles. The van der Waals surface area contributed by atoms with Gasteiger partial charge in [-0.2, -0.15) is 15.2 Å². The first-order chi connectivity index (χ1) is 31.3. The molecule has 0 radical (unpaired) electrons. The first-order valence-electron chi connectivity index (χ1n) is 23.3.